The highest BCUT2D eigenvalue weighted by Crippen LogP contribution is 2.30. The quantitative estimate of drug-likeness (QED) is 0.864. The fourth-order valence-electron chi connectivity index (χ4n) is 1.33. The van der Waals surface area contributed by atoms with Crippen molar-refractivity contribution in [3.63, 3.8) is 0 Å². The number of nitrogens with two attached hydrogens (primary N) is 1. The average Bonchev–Trinajstić information content (AvgIpc) is 2.32. The summed E-state index contributed by atoms with van der Waals surface area (Å²) in [4.78, 5) is 7.15. The van der Waals surface area contributed by atoms with Gasteiger partial charge in [0.15, 0.2) is 5.96 Å². The second kappa shape index (κ2) is 5.80. The van der Waals surface area contributed by atoms with E-state index in [1.165, 1.54) is 0 Å². The zero-order chi connectivity index (χ0) is 12.3. The van der Waals surface area contributed by atoms with Gasteiger partial charge in [-0.2, -0.15) is 0 Å². The summed E-state index contributed by atoms with van der Waals surface area (Å²) in [6.07, 6.45) is 3.70. The van der Waals surface area contributed by atoms with Crippen molar-refractivity contribution in [2.45, 2.75) is 4.90 Å². The Morgan fingerprint density at radius 2 is 2.35 bits per heavy atom. The van der Waals surface area contributed by atoms with Gasteiger partial charge in [0.1, 0.15) is 0 Å². The minimum absolute atomic E-state index is 0.554. The van der Waals surface area contributed by atoms with Gasteiger partial charge in [0.05, 0.1) is 5.88 Å². The Morgan fingerprint density at radius 3 is 3.12 bits per heavy atom. The molecule has 0 aromatic heterocycles. The van der Waals surface area contributed by atoms with E-state index in [2.05, 4.69) is 20.9 Å². The second-order valence-corrected chi connectivity index (χ2v) is 5.72. The Morgan fingerprint density at radius 1 is 1.53 bits per heavy atom. The van der Waals surface area contributed by atoms with E-state index in [1.807, 2.05) is 29.2 Å². The molecule has 0 aliphatic carbocycles. The number of halogens is 2. The first-order chi connectivity index (χ1) is 8.16. The Kier molecular flexibility index (Phi) is 4.36. The van der Waals surface area contributed by atoms with Gasteiger partial charge in [0, 0.05) is 27.1 Å². The highest BCUT2D eigenvalue weighted by molar-refractivity contribution is 9.10. The normalized spacial score (nSPS) is 14.9. The standard InChI is InChI=1S/C11H11BrClN3S/c12-9-3-2-8(13)6-10(9)17-7-16-5-1-4-15-11(16)14/h1-4,6H,5,7H2,(H2,14,15). The maximum absolute atomic E-state index is 5.96. The monoisotopic (exact) mass is 331 g/mol. The largest absolute Gasteiger partial charge is 0.369 e. The number of guanidine groups is 1. The summed E-state index contributed by atoms with van der Waals surface area (Å²) in [7, 11) is 0. The van der Waals surface area contributed by atoms with Gasteiger partial charge in [-0.1, -0.05) is 11.6 Å². The molecule has 2 N–H and O–H groups in total. The lowest BCUT2D eigenvalue weighted by Crippen LogP contribution is -2.38. The molecule has 0 radical (unpaired) electrons. The van der Waals surface area contributed by atoms with Crippen LogP contribution in [0, 0.1) is 0 Å². The van der Waals surface area contributed by atoms with Crippen molar-refractivity contribution in [3.8, 4) is 0 Å². The Hall–Kier alpha value is -0.650. The molecule has 17 heavy (non-hydrogen) atoms. The third-order valence-electron chi connectivity index (χ3n) is 2.23. The van der Waals surface area contributed by atoms with Gasteiger partial charge in [-0.3, -0.25) is 0 Å². The number of benzene rings is 1. The van der Waals surface area contributed by atoms with Gasteiger partial charge in [-0.25, -0.2) is 4.99 Å². The highest BCUT2D eigenvalue weighted by Gasteiger charge is 2.10. The molecule has 0 unspecified atom stereocenters. The zero-order valence-corrected chi connectivity index (χ0v) is 12.1. The van der Waals surface area contributed by atoms with Gasteiger partial charge in [0.2, 0.25) is 0 Å². The Bertz CT molecular complexity index is 476. The van der Waals surface area contributed by atoms with Crippen molar-refractivity contribution in [3.05, 3.63) is 40.0 Å². The zero-order valence-electron chi connectivity index (χ0n) is 8.94. The lowest BCUT2D eigenvalue weighted by atomic mass is 10.4. The molecule has 6 heteroatoms. The predicted octanol–water partition coefficient (Wildman–Crippen LogP) is 3.30. The van der Waals surface area contributed by atoms with E-state index < -0.39 is 0 Å². The molecule has 1 heterocycles. The van der Waals surface area contributed by atoms with E-state index in [0.29, 0.717) is 5.96 Å². The van der Waals surface area contributed by atoms with E-state index in [1.54, 1.807) is 18.0 Å². The molecule has 2 rings (SSSR count). The number of hydrogen-bond donors (Lipinski definition) is 1. The lowest BCUT2D eigenvalue weighted by Gasteiger charge is -2.23. The van der Waals surface area contributed by atoms with E-state index in [0.717, 1.165) is 26.8 Å². The molecular weight excluding hydrogens is 322 g/mol. The number of nitrogens with zero attached hydrogens (tertiary/aromatic N) is 2. The third-order valence-corrected chi connectivity index (χ3v) is 4.51. The van der Waals surface area contributed by atoms with E-state index in [-0.39, 0.29) is 0 Å². The van der Waals surface area contributed by atoms with Gasteiger partial charge < -0.3 is 10.6 Å². The van der Waals surface area contributed by atoms with Crippen molar-refractivity contribution in [2.75, 3.05) is 12.4 Å². The molecular formula is C11H11BrClN3S. The summed E-state index contributed by atoms with van der Waals surface area (Å²) in [5.74, 6) is 1.30. The SMILES string of the molecule is NC1=NC=CCN1CSc1cc(Cl)ccc1Br. The highest BCUT2D eigenvalue weighted by atomic mass is 79.9. The van der Waals surface area contributed by atoms with Crippen LogP contribution in [0.1, 0.15) is 0 Å². The van der Waals surface area contributed by atoms with Crippen molar-refractivity contribution < 1.29 is 0 Å². The summed E-state index contributed by atoms with van der Waals surface area (Å²) in [5.41, 5.74) is 5.78. The molecule has 0 amide bonds. The molecule has 1 aromatic carbocycles. The van der Waals surface area contributed by atoms with Crippen LogP contribution in [0.2, 0.25) is 5.02 Å². The average molecular weight is 333 g/mol. The summed E-state index contributed by atoms with van der Waals surface area (Å²) < 4.78 is 1.04. The molecule has 1 aliphatic rings. The van der Waals surface area contributed by atoms with Crippen molar-refractivity contribution >= 4 is 45.3 Å². The van der Waals surface area contributed by atoms with Crippen molar-refractivity contribution in [1.82, 2.24) is 4.90 Å². The molecule has 3 nitrogen and oxygen atoms in total. The molecule has 0 atom stereocenters. The van der Waals surface area contributed by atoms with Crippen LogP contribution in [0.15, 0.2) is 44.8 Å². The van der Waals surface area contributed by atoms with Crippen LogP contribution in [0.5, 0.6) is 0 Å². The number of aliphatic imine (C=N–C) groups is 1. The van der Waals surface area contributed by atoms with Crippen molar-refractivity contribution in [1.29, 1.82) is 0 Å². The van der Waals surface area contributed by atoms with Gasteiger partial charge in [-0.15, -0.1) is 11.8 Å². The maximum atomic E-state index is 5.96. The minimum atomic E-state index is 0.554. The number of thioether (sulfide) groups is 1. The summed E-state index contributed by atoms with van der Waals surface area (Å²) >= 11 is 11.1. The fraction of sp³-hybridized carbons (Fsp3) is 0.182. The predicted molar refractivity (Wildman–Crippen MR) is 77.3 cm³/mol. The second-order valence-electron chi connectivity index (χ2n) is 3.44. The molecule has 1 aliphatic heterocycles. The van der Waals surface area contributed by atoms with Crippen LogP contribution >= 0.6 is 39.3 Å². The van der Waals surface area contributed by atoms with Crippen molar-refractivity contribution in [2.24, 2.45) is 10.7 Å². The van der Waals surface area contributed by atoms with Crippen LogP contribution < -0.4 is 5.73 Å². The van der Waals surface area contributed by atoms with E-state index in [9.17, 15) is 0 Å². The molecule has 1 aromatic rings. The van der Waals surface area contributed by atoms with Crippen LogP contribution in [0.3, 0.4) is 0 Å². The van der Waals surface area contributed by atoms with E-state index in [4.69, 9.17) is 17.3 Å². The first kappa shape index (κ1) is 12.8. The summed E-state index contributed by atoms with van der Waals surface area (Å²) in [5, 5.41) is 0.732. The number of hydrogen-bond acceptors (Lipinski definition) is 4. The van der Waals surface area contributed by atoms with Gasteiger partial charge >= 0.3 is 0 Å². The lowest BCUT2D eigenvalue weighted by molar-refractivity contribution is 0.529. The Balaban J connectivity index is 2.00. The first-order valence-corrected chi connectivity index (χ1v) is 7.13. The minimum Gasteiger partial charge on any atom is -0.369 e. The molecule has 0 bridgehead atoms. The van der Waals surface area contributed by atoms with E-state index >= 15 is 0 Å². The van der Waals surface area contributed by atoms with Crippen LogP contribution in [-0.2, 0) is 0 Å². The maximum Gasteiger partial charge on any atom is 0.196 e. The fourth-order valence-corrected chi connectivity index (χ4v) is 3.11. The Labute approximate surface area is 118 Å². The smallest absolute Gasteiger partial charge is 0.196 e. The molecule has 90 valence electrons. The summed E-state index contributed by atoms with van der Waals surface area (Å²) in [6, 6.07) is 5.73. The van der Waals surface area contributed by atoms with Crippen LogP contribution in [-0.4, -0.2) is 23.3 Å². The van der Waals surface area contributed by atoms with Gasteiger partial charge in [-0.05, 0) is 40.2 Å². The van der Waals surface area contributed by atoms with Crippen LogP contribution in [0.25, 0.3) is 0 Å². The molecule has 0 saturated heterocycles. The molecule has 0 spiro atoms. The van der Waals surface area contributed by atoms with Gasteiger partial charge in [0.25, 0.3) is 0 Å². The summed E-state index contributed by atoms with van der Waals surface area (Å²) in [6.45, 7) is 0.792. The topological polar surface area (TPSA) is 41.6 Å². The third kappa shape index (κ3) is 3.40. The molecule has 0 saturated carbocycles. The van der Waals surface area contributed by atoms with Crippen LogP contribution in [0.4, 0.5) is 0 Å². The number of rotatable bonds is 3. The molecule has 0 fully saturated rings. The first-order valence-electron chi connectivity index (χ1n) is 4.98.